The molecule has 0 aliphatic carbocycles. The second-order valence-electron chi connectivity index (χ2n) is 7.83. The summed E-state index contributed by atoms with van der Waals surface area (Å²) < 4.78 is 5.37. The number of hydrogen-bond donors (Lipinski definition) is 1. The zero-order valence-corrected chi connectivity index (χ0v) is 16.5. The number of carbonyl (C=O) groups excluding carboxylic acids is 2. The van der Waals surface area contributed by atoms with E-state index in [-0.39, 0.29) is 18.0 Å². The van der Waals surface area contributed by atoms with Crippen LogP contribution in [0, 0.1) is 6.92 Å². The lowest BCUT2D eigenvalue weighted by Gasteiger charge is -2.43. The van der Waals surface area contributed by atoms with Gasteiger partial charge in [-0.2, -0.15) is 0 Å². The summed E-state index contributed by atoms with van der Waals surface area (Å²) in [6, 6.07) is 5.49. The Hall–Kier alpha value is -2.21. The lowest BCUT2D eigenvalue weighted by Crippen LogP contribution is -2.61. The van der Waals surface area contributed by atoms with Crippen molar-refractivity contribution in [2.24, 2.45) is 0 Å². The van der Waals surface area contributed by atoms with E-state index < -0.39 is 5.60 Å². The minimum absolute atomic E-state index is 0.0330. The van der Waals surface area contributed by atoms with E-state index in [1.54, 1.807) is 16.8 Å². The number of nitrogens with one attached hydrogen (secondary N) is 1. The Morgan fingerprint density at radius 2 is 1.92 bits per heavy atom. The molecule has 1 saturated heterocycles. The topological polar surface area (TPSA) is 65.6 Å². The number of aryl methyl sites for hydroxylation is 1. The van der Waals surface area contributed by atoms with Gasteiger partial charge in [-0.15, -0.1) is 0 Å². The summed E-state index contributed by atoms with van der Waals surface area (Å²) in [6.07, 6.45) is -0.370. The molecule has 0 unspecified atom stereocenters. The number of carbonyl (C=O) groups is 2. The first kappa shape index (κ1) is 18.6. The number of likely N-dealkylation sites (tertiary alicyclic amines) is 1. The van der Waals surface area contributed by atoms with Gasteiger partial charge in [0.1, 0.15) is 11.3 Å². The molecular formula is C19H24ClN3O3. The number of rotatable bonds is 2. The van der Waals surface area contributed by atoms with E-state index in [9.17, 15) is 9.59 Å². The molecule has 6 nitrogen and oxygen atoms in total. The number of fused-ring (bicyclic) bond motifs is 1. The molecule has 0 spiro atoms. The maximum Gasteiger partial charge on any atom is 0.410 e. The molecule has 1 N–H and O–H groups in total. The van der Waals surface area contributed by atoms with Crippen LogP contribution in [0.1, 0.15) is 36.8 Å². The number of amides is 2. The summed E-state index contributed by atoms with van der Waals surface area (Å²) in [4.78, 5) is 31.3. The van der Waals surface area contributed by atoms with Gasteiger partial charge in [0.15, 0.2) is 0 Å². The van der Waals surface area contributed by atoms with Gasteiger partial charge in [-0.3, -0.25) is 4.79 Å². The van der Waals surface area contributed by atoms with E-state index in [2.05, 4.69) is 4.98 Å². The average molecular weight is 378 g/mol. The summed E-state index contributed by atoms with van der Waals surface area (Å²) in [5.74, 6) is -0.0782. The van der Waals surface area contributed by atoms with Crippen LogP contribution in [-0.2, 0) is 4.74 Å². The van der Waals surface area contributed by atoms with Crippen molar-refractivity contribution in [1.82, 2.24) is 14.8 Å². The Morgan fingerprint density at radius 1 is 1.27 bits per heavy atom. The number of halogens is 1. The van der Waals surface area contributed by atoms with Gasteiger partial charge >= 0.3 is 6.09 Å². The minimum atomic E-state index is -0.534. The average Bonchev–Trinajstić information content (AvgIpc) is 2.87. The molecule has 2 amide bonds. The molecule has 26 heavy (non-hydrogen) atoms. The summed E-state index contributed by atoms with van der Waals surface area (Å²) in [5, 5.41) is 1.57. The van der Waals surface area contributed by atoms with Gasteiger partial charge < -0.3 is 19.5 Å². The quantitative estimate of drug-likeness (QED) is 0.865. The Kier molecular flexibility index (Phi) is 4.65. The third-order valence-corrected chi connectivity index (χ3v) is 4.72. The van der Waals surface area contributed by atoms with Crippen LogP contribution in [0.2, 0.25) is 5.02 Å². The molecule has 1 aliphatic heterocycles. The highest BCUT2D eigenvalue weighted by atomic mass is 35.5. The third kappa shape index (κ3) is 3.65. The van der Waals surface area contributed by atoms with Gasteiger partial charge in [0.2, 0.25) is 0 Å². The fourth-order valence-electron chi connectivity index (χ4n) is 3.01. The van der Waals surface area contributed by atoms with Gasteiger partial charge in [-0.1, -0.05) is 11.6 Å². The number of aromatic amines is 1. The SMILES string of the molecule is Cc1cc(Cl)cc2cc(C(=O)N3CC(N(C)C(=O)OC(C)(C)C)C3)[nH]c12. The lowest BCUT2D eigenvalue weighted by molar-refractivity contribution is -0.00218. The zero-order valence-electron chi connectivity index (χ0n) is 15.7. The maximum absolute atomic E-state index is 12.7. The lowest BCUT2D eigenvalue weighted by atomic mass is 10.1. The monoisotopic (exact) mass is 377 g/mol. The van der Waals surface area contributed by atoms with E-state index in [4.69, 9.17) is 16.3 Å². The molecule has 1 fully saturated rings. The molecule has 2 aromatic rings. The third-order valence-electron chi connectivity index (χ3n) is 4.50. The molecule has 7 heteroatoms. The summed E-state index contributed by atoms with van der Waals surface area (Å²) in [7, 11) is 1.70. The van der Waals surface area contributed by atoms with Gasteiger partial charge in [-0.25, -0.2) is 4.79 Å². The first-order chi connectivity index (χ1) is 12.0. The van der Waals surface area contributed by atoms with Gasteiger partial charge in [0.05, 0.1) is 6.04 Å². The zero-order chi connectivity index (χ0) is 19.2. The van der Waals surface area contributed by atoms with Crippen LogP contribution in [-0.4, -0.2) is 58.6 Å². The number of ether oxygens (including phenoxy) is 1. The summed E-state index contributed by atoms with van der Waals surface area (Å²) in [5.41, 5.74) is 1.91. The largest absolute Gasteiger partial charge is 0.444 e. The molecule has 2 heterocycles. The van der Waals surface area contributed by atoms with E-state index in [1.165, 1.54) is 0 Å². The van der Waals surface area contributed by atoms with Crippen LogP contribution in [0.5, 0.6) is 0 Å². The number of benzene rings is 1. The number of likely N-dealkylation sites (N-methyl/N-ethyl adjacent to an activating group) is 1. The normalized spacial score (nSPS) is 15.1. The van der Waals surface area contributed by atoms with Crippen LogP contribution >= 0.6 is 11.6 Å². The molecule has 0 saturated carbocycles. The predicted molar refractivity (Wildman–Crippen MR) is 102 cm³/mol. The van der Waals surface area contributed by atoms with E-state index >= 15 is 0 Å². The maximum atomic E-state index is 12.7. The number of H-pyrrole nitrogens is 1. The van der Waals surface area contributed by atoms with Crippen LogP contribution in [0.25, 0.3) is 10.9 Å². The Morgan fingerprint density at radius 3 is 2.54 bits per heavy atom. The minimum Gasteiger partial charge on any atom is -0.444 e. The van der Waals surface area contributed by atoms with Crippen LogP contribution in [0.3, 0.4) is 0 Å². The highest BCUT2D eigenvalue weighted by molar-refractivity contribution is 6.31. The Balaban J connectivity index is 1.65. The fourth-order valence-corrected chi connectivity index (χ4v) is 3.30. The number of aromatic nitrogens is 1. The second-order valence-corrected chi connectivity index (χ2v) is 8.26. The van der Waals surface area contributed by atoms with Crippen LogP contribution in [0.15, 0.2) is 18.2 Å². The van der Waals surface area contributed by atoms with Crippen LogP contribution < -0.4 is 0 Å². The smallest absolute Gasteiger partial charge is 0.410 e. The van der Waals surface area contributed by atoms with Crippen molar-refractivity contribution in [3.63, 3.8) is 0 Å². The fraction of sp³-hybridized carbons (Fsp3) is 0.474. The molecule has 1 aromatic carbocycles. The summed E-state index contributed by atoms with van der Waals surface area (Å²) in [6.45, 7) is 8.43. The first-order valence-corrected chi connectivity index (χ1v) is 8.97. The van der Waals surface area contributed by atoms with Gasteiger partial charge in [-0.05, 0) is 51.5 Å². The molecule has 0 bridgehead atoms. The van der Waals surface area contributed by atoms with Crippen molar-refractivity contribution >= 4 is 34.5 Å². The second kappa shape index (κ2) is 6.50. The number of nitrogens with zero attached hydrogens (tertiary/aromatic N) is 2. The van der Waals surface area contributed by atoms with E-state index in [0.717, 1.165) is 16.5 Å². The molecule has 1 aliphatic rings. The molecule has 0 atom stereocenters. The molecule has 3 rings (SSSR count). The molecule has 0 radical (unpaired) electrons. The predicted octanol–water partition coefficient (Wildman–Crippen LogP) is 3.82. The van der Waals surface area contributed by atoms with Gasteiger partial charge in [0, 0.05) is 36.1 Å². The molecule has 140 valence electrons. The Bertz CT molecular complexity index is 863. The molecular weight excluding hydrogens is 354 g/mol. The summed E-state index contributed by atoms with van der Waals surface area (Å²) >= 11 is 6.08. The van der Waals surface area contributed by atoms with Crippen LogP contribution in [0.4, 0.5) is 4.79 Å². The van der Waals surface area contributed by atoms with Crippen molar-refractivity contribution in [3.05, 3.63) is 34.5 Å². The number of hydrogen-bond acceptors (Lipinski definition) is 3. The Labute approximate surface area is 158 Å². The van der Waals surface area contributed by atoms with Crippen molar-refractivity contribution in [2.45, 2.75) is 39.3 Å². The highest BCUT2D eigenvalue weighted by Gasteiger charge is 2.37. The highest BCUT2D eigenvalue weighted by Crippen LogP contribution is 2.26. The van der Waals surface area contributed by atoms with Crippen molar-refractivity contribution in [2.75, 3.05) is 20.1 Å². The standard InChI is InChI=1S/C19H24ClN3O3/c1-11-6-13(20)7-12-8-15(21-16(11)12)17(24)23-9-14(10-23)22(5)18(25)26-19(2,3)4/h6-8,14,21H,9-10H2,1-5H3. The van der Waals surface area contributed by atoms with Crippen molar-refractivity contribution < 1.29 is 14.3 Å². The first-order valence-electron chi connectivity index (χ1n) is 8.59. The van der Waals surface area contributed by atoms with Gasteiger partial charge in [0.25, 0.3) is 5.91 Å². The van der Waals surface area contributed by atoms with Crippen molar-refractivity contribution in [1.29, 1.82) is 0 Å². The van der Waals surface area contributed by atoms with Crippen molar-refractivity contribution in [3.8, 4) is 0 Å². The van der Waals surface area contributed by atoms with E-state index in [1.807, 2.05) is 45.9 Å². The molecule has 1 aromatic heterocycles. The van der Waals surface area contributed by atoms with E-state index in [0.29, 0.717) is 23.8 Å².